The quantitative estimate of drug-likeness (QED) is 0.172. The Morgan fingerprint density at radius 2 is 0.882 bits per heavy atom. The number of hydrogen-bond donors (Lipinski definition) is 2. The molecule has 15 rings (SSSR count). The van der Waals surface area contributed by atoms with Gasteiger partial charge in [-0.1, -0.05) is 86.6 Å². The molecule has 4 aromatic carbocycles. The number of fused-ring (bicyclic) bond motifs is 18. The fourth-order valence-corrected chi connectivity index (χ4v) is 16.2. The van der Waals surface area contributed by atoms with E-state index in [1.54, 1.807) is 0 Å². The minimum absolute atomic E-state index is 0.148. The van der Waals surface area contributed by atoms with E-state index in [-0.39, 0.29) is 10.8 Å². The van der Waals surface area contributed by atoms with Crippen LogP contribution in [0.1, 0.15) is 135 Å². The second-order valence-corrected chi connectivity index (χ2v) is 23.7. The number of ether oxygens (including phenoxy) is 2. The second kappa shape index (κ2) is 17.5. The Morgan fingerprint density at radius 1 is 0.461 bits per heavy atom. The van der Waals surface area contributed by atoms with Crippen LogP contribution in [0.5, 0.6) is 23.0 Å². The first kappa shape index (κ1) is 45.8. The molecule has 76 heavy (non-hydrogen) atoms. The number of nitrogens with one attached hydrogen (secondary N) is 2. The maximum absolute atomic E-state index is 13.1. The van der Waals surface area contributed by atoms with Crippen molar-refractivity contribution >= 4 is 57.9 Å². The van der Waals surface area contributed by atoms with Gasteiger partial charge in [-0.3, -0.25) is 9.59 Å². The van der Waals surface area contributed by atoms with Crippen LogP contribution in [0.3, 0.4) is 0 Å². The zero-order chi connectivity index (χ0) is 50.9. The Labute approximate surface area is 443 Å². The Morgan fingerprint density at radius 3 is 1.33 bits per heavy atom. The summed E-state index contributed by atoms with van der Waals surface area (Å²) in [5, 5.41) is 0. The van der Waals surface area contributed by atoms with Crippen molar-refractivity contribution in [1.29, 1.82) is 0 Å². The van der Waals surface area contributed by atoms with Crippen LogP contribution in [0, 0.1) is 34.5 Å². The van der Waals surface area contributed by atoms with E-state index in [4.69, 9.17) is 19.4 Å². The lowest BCUT2D eigenvalue weighted by Gasteiger charge is -2.48. The summed E-state index contributed by atoms with van der Waals surface area (Å²) in [6, 6.07) is 42.8. The number of carbonyl (C=O) groups excluding carboxylic acids is 2. The molecule has 378 valence electrons. The molecular formula is C68H62N4O4. The number of rotatable bonds is 6. The molecule has 2 aliphatic heterocycles. The molecule has 4 fully saturated rings. The van der Waals surface area contributed by atoms with Crippen LogP contribution in [0.25, 0.3) is 68.6 Å². The van der Waals surface area contributed by atoms with Gasteiger partial charge < -0.3 is 19.4 Å². The van der Waals surface area contributed by atoms with Crippen LogP contribution in [-0.2, 0) is 22.4 Å². The predicted octanol–water partition coefficient (Wildman–Crippen LogP) is 16.4. The van der Waals surface area contributed by atoms with Gasteiger partial charge in [-0.05, 0) is 206 Å². The van der Waals surface area contributed by atoms with E-state index in [1.807, 2.05) is 12.1 Å². The number of H-pyrrole nitrogens is 2. The third-order valence-corrected chi connectivity index (χ3v) is 20.0. The zero-order valence-corrected chi connectivity index (χ0v) is 43.3. The van der Waals surface area contributed by atoms with Crippen molar-refractivity contribution in [2.24, 2.45) is 34.5 Å². The zero-order valence-electron chi connectivity index (χ0n) is 43.3. The smallest absolute Gasteiger partial charge is 0.176 e. The third-order valence-electron chi connectivity index (χ3n) is 20.0. The van der Waals surface area contributed by atoms with Crippen LogP contribution in [0.4, 0.5) is 0 Å². The fourth-order valence-electron chi connectivity index (χ4n) is 16.2. The van der Waals surface area contributed by atoms with Gasteiger partial charge >= 0.3 is 0 Å². The minimum Gasteiger partial charge on any atom is -0.453 e. The molecule has 8 nitrogen and oxygen atoms in total. The summed E-state index contributed by atoms with van der Waals surface area (Å²) in [6.45, 7) is 4.50. The van der Waals surface area contributed by atoms with Gasteiger partial charge in [-0.15, -0.1) is 0 Å². The molecule has 2 N–H and O–H groups in total. The second-order valence-electron chi connectivity index (χ2n) is 23.7. The minimum atomic E-state index is -0.148. The fraction of sp³-hybridized carbons (Fsp3) is 0.324. The number of nitrogens with zero attached hydrogens (tertiary/aromatic N) is 2. The molecule has 0 amide bonds. The molecule has 8 aliphatic rings. The van der Waals surface area contributed by atoms with Crippen LogP contribution < -0.4 is 9.47 Å². The van der Waals surface area contributed by atoms with Gasteiger partial charge in [0.2, 0.25) is 0 Å². The largest absolute Gasteiger partial charge is 0.453 e. The first-order valence-electron chi connectivity index (χ1n) is 28.1. The summed E-state index contributed by atoms with van der Waals surface area (Å²) in [6.07, 6.45) is 20.2. The number of aryl methyl sites for hydroxylation is 2. The maximum atomic E-state index is 13.1. The monoisotopic (exact) mass is 998 g/mol. The summed E-state index contributed by atoms with van der Waals surface area (Å²) in [5.74, 6) is 6.85. The van der Waals surface area contributed by atoms with Crippen molar-refractivity contribution in [2.45, 2.75) is 103 Å². The van der Waals surface area contributed by atoms with Gasteiger partial charge in [0.05, 0.1) is 22.4 Å². The Bertz CT molecular complexity index is 3560. The SMILES string of the molecule is C[C@]12CC[C@@H]3c4ccc(Oc5c6nc(c(-c7ccccc7)c7ccc([nH]7)c(Oc7ccc8c(c7)CC[C@@H]7[C@@H]8CC[C@]8(C)C(=O)CC[C@@H]78)c7nc(c(-c8ccccc8)c8ccc5[nH]8)C=C7)C=C6)cc4CC[C@H]3[C@@H]1CCC2=O. The number of benzene rings is 4. The molecule has 0 saturated heterocycles. The lowest BCUT2D eigenvalue weighted by Crippen LogP contribution is -2.42. The summed E-state index contributed by atoms with van der Waals surface area (Å²) < 4.78 is 14.3. The van der Waals surface area contributed by atoms with E-state index >= 15 is 0 Å². The molecule has 5 heterocycles. The van der Waals surface area contributed by atoms with Gasteiger partial charge in [-0.25, -0.2) is 9.97 Å². The Kier molecular flexibility index (Phi) is 10.5. The van der Waals surface area contributed by atoms with Crippen molar-refractivity contribution in [3.63, 3.8) is 0 Å². The van der Waals surface area contributed by atoms with Crippen molar-refractivity contribution in [1.82, 2.24) is 19.9 Å². The van der Waals surface area contributed by atoms with Gasteiger partial charge in [-0.2, -0.15) is 0 Å². The van der Waals surface area contributed by atoms with E-state index in [0.717, 1.165) is 144 Å². The van der Waals surface area contributed by atoms with Gasteiger partial charge in [0.1, 0.15) is 34.5 Å². The molecule has 0 spiro atoms. The standard InChI is InChI=1S/C68H62N4O4/c1-67-35-33-47-45-19-15-43(37-41(45)13-17-49(47)51(67)21-31-61(67)73)75-65-57-27-23-53(69-57)63(39-9-5-3-6-10-39)55-25-29-59(71-55)66(60-30-26-56(72-60)64(40-11-7-4-8-12-40)54-24-28-58(65)70-54)76-44-16-20-46-42(38-44)14-18-50-48(46)34-36-68(2)52(50)22-32-62(68)74/h3-12,15-16,19-20,23-30,37-38,47-52,69,72H,13-14,17-18,21-22,31-36H2,1-2H3/t47-,48-,49-,50-,51+,52+,67+,68+/m1/s1. The van der Waals surface area contributed by atoms with E-state index < -0.39 is 0 Å². The summed E-state index contributed by atoms with van der Waals surface area (Å²) in [7, 11) is 0. The molecule has 8 heteroatoms. The van der Waals surface area contributed by atoms with Crippen molar-refractivity contribution in [3.8, 4) is 45.3 Å². The van der Waals surface area contributed by atoms with Gasteiger partial charge in [0, 0.05) is 45.8 Å². The summed E-state index contributed by atoms with van der Waals surface area (Å²) in [4.78, 5) is 44.8. The van der Waals surface area contributed by atoms with Crippen molar-refractivity contribution in [2.75, 3.05) is 0 Å². The van der Waals surface area contributed by atoms with Crippen LogP contribution in [0.15, 0.2) is 121 Å². The first-order chi connectivity index (χ1) is 37.2. The highest BCUT2D eigenvalue weighted by atomic mass is 16.5. The molecule has 4 saturated carbocycles. The highest BCUT2D eigenvalue weighted by Gasteiger charge is 2.56. The number of hydrogen-bond acceptors (Lipinski definition) is 6. The number of ketones is 2. The Balaban J connectivity index is 0.875. The Hall–Kier alpha value is -7.58. The van der Waals surface area contributed by atoms with E-state index in [2.05, 4.69) is 157 Å². The number of aromatic amines is 2. The summed E-state index contributed by atoms with van der Waals surface area (Å²) >= 11 is 0. The van der Waals surface area contributed by atoms with E-state index in [0.29, 0.717) is 70.0 Å². The number of carbonyl (C=O) groups is 2. The van der Waals surface area contributed by atoms with Crippen LogP contribution >= 0.6 is 0 Å². The lowest BCUT2D eigenvalue weighted by atomic mass is 9.55. The molecule has 6 aliphatic carbocycles. The van der Waals surface area contributed by atoms with Crippen LogP contribution in [0.2, 0.25) is 0 Å². The highest BCUT2D eigenvalue weighted by molar-refractivity contribution is 5.96. The number of Topliss-reactive ketones (excluding diaryl/α,β-unsaturated/α-hetero) is 2. The lowest BCUT2D eigenvalue weighted by molar-refractivity contribution is -0.130. The average molecular weight is 999 g/mol. The van der Waals surface area contributed by atoms with Gasteiger partial charge in [0.15, 0.2) is 11.5 Å². The van der Waals surface area contributed by atoms with Crippen molar-refractivity contribution < 1.29 is 19.1 Å². The molecule has 8 bridgehead atoms. The topological polar surface area (TPSA) is 110 Å². The van der Waals surface area contributed by atoms with E-state index in [9.17, 15) is 9.59 Å². The third kappa shape index (κ3) is 7.22. The molecule has 0 radical (unpaired) electrons. The predicted molar refractivity (Wildman–Crippen MR) is 302 cm³/mol. The first-order valence-corrected chi connectivity index (χ1v) is 28.1. The van der Waals surface area contributed by atoms with Gasteiger partial charge in [0.25, 0.3) is 0 Å². The number of aromatic nitrogens is 4. The molecular weight excluding hydrogens is 937 g/mol. The van der Waals surface area contributed by atoms with Crippen molar-refractivity contribution in [3.05, 3.63) is 166 Å². The molecule has 0 unspecified atom stereocenters. The van der Waals surface area contributed by atoms with E-state index in [1.165, 1.54) is 22.3 Å². The summed E-state index contributed by atoms with van der Waals surface area (Å²) in [5.41, 5.74) is 15.7. The maximum Gasteiger partial charge on any atom is 0.176 e. The highest BCUT2D eigenvalue weighted by Crippen LogP contribution is 2.61. The molecule has 8 atom stereocenters. The molecule has 3 aromatic heterocycles. The normalized spacial score (nSPS) is 26.8. The van der Waals surface area contributed by atoms with Crippen LogP contribution in [-0.4, -0.2) is 31.5 Å². The average Bonchev–Trinajstić information content (AvgIpc) is 4.44. The molecule has 7 aromatic rings.